The number of hydrogen-bond donors (Lipinski definition) is 3. The zero-order valence-electron chi connectivity index (χ0n) is 20.5. The maximum Gasteiger partial charge on any atom is 0.416 e. The summed E-state index contributed by atoms with van der Waals surface area (Å²) in [5, 5.41) is 15.6. The predicted molar refractivity (Wildman–Crippen MR) is 141 cm³/mol. The second-order valence-electron chi connectivity index (χ2n) is 11.2. The molecule has 0 amide bonds. The van der Waals surface area contributed by atoms with E-state index in [1.807, 2.05) is 12.1 Å². The van der Waals surface area contributed by atoms with Gasteiger partial charge in [0.05, 0.1) is 33.7 Å². The maximum absolute atomic E-state index is 13.7. The lowest BCUT2D eigenvalue weighted by Gasteiger charge is -2.57. The van der Waals surface area contributed by atoms with Crippen LogP contribution in [0.4, 0.5) is 35.9 Å². The molecule has 198 valence electrons. The van der Waals surface area contributed by atoms with Gasteiger partial charge in [-0.1, -0.05) is 17.7 Å². The number of aromatic nitrogens is 1. The third kappa shape index (κ3) is 4.82. The first-order chi connectivity index (χ1) is 18.1. The quantitative estimate of drug-likeness (QED) is 0.292. The van der Waals surface area contributed by atoms with Crippen molar-refractivity contribution in [3.8, 4) is 0 Å². The zero-order chi connectivity index (χ0) is 26.7. The van der Waals surface area contributed by atoms with Gasteiger partial charge in [0.1, 0.15) is 0 Å². The molecule has 4 bridgehead atoms. The normalized spacial score (nSPS) is 25.8. The van der Waals surface area contributed by atoms with Crippen LogP contribution < -0.4 is 10.6 Å². The van der Waals surface area contributed by atoms with E-state index in [-0.39, 0.29) is 28.0 Å². The molecule has 0 unspecified atom stereocenters. The fraction of sp³-hybridized carbons (Fsp3) is 0.379. The monoisotopic (exact) mass is 541 g/mol. The van der Waals surface area contributed by atoms with Crippen molar-refractivity contribution in [1.82, 2.24) is 4.98 Å². The van der Waals surface area contributed by atoms with E-state index in [1.54, 1.807) is 0 Å². The van der Waals surface area contributed by atoms with Crippen LogP contribution >= 0.6 is 11.6 Å². The van der Waals surface area contributed by atoms with Gasteiger partial charge in [0, 0.05) is 17.6 Å². The molecule has 0 radical (unpaired) electrons. The number of benzene rings is 2. The molecule has 4 fully saturated rings. The Bertz CT molecular complexity index is 1370. The van der Waals surface area contributed by atoms with Crippen molar-refractivity contribution < 1.29 is 23.1 Å². The molecule has 4 aliphatic carbocycles. The molecule has 0 saturated heterocycles. The number of aromatic carboxylic acids is 1. The van der Waals surface area contributed by atoms with Gasteiger partial charge in [-0.05, 0) is 104 Å². The lowest BCUT2D eigenvalue weighted by molar-refractivity contribution is -0.137. The number of rotatable bonds is 6. The highest BCUT2D eigenvalue weighted by molar-refractivity contribution is 6.33. The van der Waals surface area contributed by atoms with Crippen LogP contribution in [0.25, 0.3) is 0 Å². The minimum atomic E-state index is -4.58. The van der Waals surface area contributed by atoms with Crippen LogP contribution in [0, 0.1) is 17.8 Å². The van der Waals surface area contributed by atoms with Gasteiger partial charge < -0.3 is 15.7 Å². The molecule has 2 aromatic carbocycles. The minimum absolute atomic E-state index is 0.0776. The lowest BCUT2D eigenvalue weighted by atomic mass is 9.48. The van der Waals surface area contributed by atoms with Crippen molar-refractivity contribution in [3.63, 3.8) is 0 Å². The molecule has 4 aliphatic rings. The number of halogens is 4. The van der Waals surface area contributed by atoms with Crippen molar-refractivity contribution in [2.75, 3.05) is 10.6 Å². The molecule has 0 atom stereocenters. The number of pyridine rings is 1. The first kappa shape index (κ1) is 25.0. The van der Waals surface area contributed by atoms with Gasteiger partial charge >= 0.3 is 12.1 Å². The molecule has 0 aliphatic heterocycles. The van der Waals surface area contributed by atoms with E-state index in [2.05, 4.69) is 21.7 Å². The van der Waals surface area contributed by atoms with Gasteiger partial charge in [0.2, 0.25) is 0 Å². The maximum atomic E-state index is 13.7. The number of carboxylic acid groups (broad SMARTS) is 1. The third-order valence-corrected chi connectivity index (χ3v) is 8.75. The van der Waals surface area contributed by atoms with Crippen molar-refractivity contribution in [2.24, 2.45) is 17.8 Å². The Morgan fingerprint density at radius 3 is 2.11 bits per heavy atom. The van der Waals surface area contributed by atoms with E-state index < -0.39 is 17.7 Å². The summed E-state index contributed by atoms with van der Waals surface area (Å²) in [6.07, 6.45) is 5.55. The molecule has 38 heavy (non-hydrogen) atoms. The molecule has 1 aromatic heterocycles. The molecular formula is C29H27ClF3N3O2. The molecule has 7 rings (SSSR count). The average molecular weight is 542 g/mol. The summed E-state index contributed by atoms with van der Waals surface area (Å²) in [6.45, 7) is 0. The summed E-state index contributed by atoms with van der Waals surface area (Å²) in [4.78, 5) is 15.1. The van der Waals surface area contributed by atoms with Crippen LogP contribution in [-0.2, 0) is 11.6 Å². The van der Waals surface area contributed by atoms with Gasteiger partial charge in [-0.2, -0.15) is 13.2 Å². The Hall–Kier alpha value is -3.26. The van der Waals surface area contributed by atoms with E-state index >= 15 is 0 Å². The third-order valence-electron chi connectivity index (χ3n) is 8.43. The molecule has 0 spiro atoms. The van der Waals surface area contributed by atoms with Crippen LogP contribution in [-0.4, -0.2) is 16.1 Å². The fourth-order valence-electron chi connectivity index (χ4n) is 7.29. The van der Waals surface area contributed by atoms with Crippen molar-refractivity contribution in [2.45, 2.75) is 50.1 Å². The molecule has 9 heteroatoms. The summed E-state index contributed by atoms with van der Waals surface area (Å²) in [7, 11) is 0. The van der Waals surface area contributed by atoms with Gasteiger partial charge in [0.25, 0.3) is 0 Å². The fourth-order valence-corrected chi connectivity index (χ4v) is 7.52. The zero-order valence-corrected chi connectivity index (χ0v) is 21.2. The predicted octanol–water partition coefficient (Wildman–Crippen LogP) is 8.41. The van der Waals surface area contributed by atoms with Gasteiger partial charge in [-0.25, -0.2) is 4.79 Å². The Kier molecular flexibility index (Phi) is 6.05. The number of carboxylic acids is 1. The van der Waals surface area contributed by atoms with E-state index in [1.165, 1.54) is 68.6 Å². The van der Waals surface area contributed by atoms with Crippen LogP contribution in [0.2, 0.25) is 5.02 Å². The number of nitrogens with zero attached hydrogens (tertiary/aromatic N) is 1. The smallest absolute Gasteiger partial charge is 0.416 e. The Labute approximate surface area is 223 Å². The number of nitrogens with one attached hydrogen (secondary N) is 2. The highest BCUT2D eigenvalue weighted by Crippen LogP contribution is 2.61. The standard InChI is InChI=1S/C29H27ClF3N3O2/c30-25-9-20(28-11-16-3-17(12-28)5-18(4-16)13-28)1-2-26(25)36-23-8-21(29(31,32)33)7-22(10-23)35-24-6-19(27(37)38)14-34-15-24/h1-2,6-10,14-18,35-36H,3-5,11-13H2,(H,37,38). The first-order valence-corrected chi connectivity index (χ1v) is 13.2. The van der Waals surface area contributed by atoms with Crippen LogP contribution in [0.1, 0.15) is 60.0 Å². The van der Waals surface area contributed by atoms with E-state index in [0.29, 0.717) is 10.7 Å². The van der Waals surface area contributed by atoms with Gasteiger partial charge in [-0.15, -0.1) is 0 Å². The lowest BCUT2D eigenvalue weighted by Crippen LogP contribution is -2.48. The second-order valence-corrected chi connectivity index (χ2v) is 11.6. The van der Waals surface area contributed by atoms with Crippen LogP contribution in [0.3, 0.4) is 0 Å². The largest absolute Gasteiger partial charge is 0.478 e. The highest BCUT2D eigenvalue weighted by atomic mass is 35.5. The first-order valence-electron chi connectivity index (χ1n) is 12.8. The van der Waals surface area contributed by atoms with Gasteiger partial charge in [0.15, 0.2) is 0 Å². The van der Waals surface area contributed by atoms with Crippen LogP contribution in [0.5, 0.6) is 0 Å². The SMILES string of the molecule is O=C(O)c1cncc(Nc2cc(Nc3ccc(C45CC6CC(CC(C6)C4)C5)cc3Cl)cc(C(F)(F)F)c2)c1. The Balaban J connectivity index is 1.28. The molecule has 3 N–H and O–H groups in total. The average Bonchev–Trinajstić information content (AvgIpc) is 2.84. The van der Waals surface area contributed by atoms with E-state index in [0.717, 1.165) is 29.9 Å². The molecule has 4 saturated carbocycles. The van der Waals surface area contributed by atoms with Crippen molar-refractivity contribution in [1.29, 1.82) is 0 Å². The highest BCUT2D eigenvalue weighted by Gasteiger charge is 2.51. The van der Waals surface area contributed by atoms with Crippen LogP contribution in [0.15, 0.2) is 54.9 Å². The summed E-state index contributed by atoms with van der Waals surface area (Å²) < 4.78 is 41.1. The van der Waals surface area contributed by atoms with E-state index in [9.17, 15) is 23.1 Å². The molecule has 5 nitrogen and oxygen atoms in total. The number of carbonyl (C=O) groups is 1. The summed E-state index contributed by atoms with van der Waals surface area (Å²) >= 11 is 6.70. The topological polar surface area (TPSA) is 74.2 Å². The Morgan fingerprint density at radius 1 is 0.895 bits per heavy atom. The molecular weight excluding hydrogens is 515 g/mol. The summed E-state index contributed by atoms with van der Waals surface area (Å²) in [5.41, 5.74) is 1.60. The molecule has 3 aromatic rings. The van der Waals surface area contributed by atoms with E-state index in [4.69, 9.17) is 11.6 Å². The number of anilines is 4. The summed E-state index contributed by atoms with van der Waals surface area (Å²) in [6, 6.07) is 10.8. The Morgan fingerprint density at radius 2 is 1.53 bits per heavy atom. The molecule has 1 heterocycles. The van der Waals surface area contributed by atoms with Crippen molar-refractivity contribution in [3.05, 3.63) is 76.6 Å². The summed E-state index contributed by atoms with van der Waals surface area (Å²) in [5.74, 6) is 1.19. The minimum Gasteiger partial charge on any atom is -0.478 e. The second kappa shape index (κ2) is 9.19. The number of alkyl halides is 3. The van der Waals surface area contributed by atoms with Gasteiger partial charge in [-0.3, -0.25) is 4.98 Å². The van der Waals surface area contributed by atoms with Crippen molar-refractivity contribution >= 4 is 40.3 Å². The number of hydrogen-bond acceptors (Lipinski definition) is 4.